The highest BCUT2D eigenvalue weighted by Crippen LogP contribution is 2.37. The van der Waals surface area contributed by atoms with Crippen molar-refractivity contribution in [3.63, 3.8) is 0 Å². The van der Waals surface area contributed by atoms with E-state index in [2.05, 4.69) is 10.0 Å². The van der Waals surface area contributed by atoms with Crippen LogP contribution in [0.4, 0.5) is 24.5 Å². The Kier molecular flexibility index (Phi) is 7.15. The number of methoxy groups -OCH3 is 1. The lowest BCUT2D eigenvalue weighted by Gasteiger charge is -2.21. The molecule has 0 radical (unpaired) electrons. The van der Waals surface area contributed by atoms with Crippen molar-refractivity contribution in [2.75, 3.05) is 31.4 Å². The van der Waals surface area contributed by atoms with Crippen LogP contribution in [0, 0.1) is 0 Å². The summed E-state index contributed by atoms with van der Waals surface area (Å²) in [5, 5.41) is 2.23. The van der Waals surface area contributed by atoms with Crippen molar-refractivity contribution in [2.24, 2.45) is 0 Å². The molecule has 0 spiro atoms. The number of benzene rings is 2. The number of alkyl halides is 3. The molecule has 11 heteroatoms. The summed E-state index contributed by atoms with van der Waals surface area (Å²) in [5.41, 5.74) is -2.11. The molecule has 2 rings (SSSR count). The van der Waals surface area contributed by atoms with Gasteiger partial charge >= 0.3 is 6.18 Å². The van der Waals surface area contributed by atoms with Gasteiger partial charge in [-0.15, -0.1) is 0 Å². The molecule has 0 aliphatic rings. The lowest BCUT2D eigenvalue weighted by atomic mass is 10.1. The molecule has 0 saturated heterocycles. The molecule has 2 aromatic carbocycles. The first-order valence-electron chi connectivity index (χ1n) is 9.47. The van der Waals surface area contributed by atoms with Gasteiger partial charge in [-0.3, -0.25) is 4.79 Å². The number of carbonyl (C=O) groups is 1. The molecular formula is C21H26F3N3O4S. The Morgan fingerprint density at radius 2 is 1.66 bits per heavy atom. The van der Waals surface area contributed by atoms with E-state index in [1.54, 1.807) is 34.9 Å². The van der Waals surface area contributed by atoms with Crippen LogP contribution in [0.25, 0.3) is 0 Å². The Bertz CT molecular complexity index is 1110. The molecule has 0 bridgehead atoms. The van der Waals surface area contributed by atoms with Gasteiger partial charge in [0, 0.05) is 30.9 Å². The second kappa shape index (κ2) is 8.99. The number of nitrogens with zero attached hydrogens (tertiary/aromatic N) is 1. The molecule has 1 amide bonds. The number of sulfonamides is 1. The Labute approximate surface area is 185 Å². The van der Waals surface area contributed by atoms with E-state index >= 15 is 0 Å². The summed E-state index contributed by atoms with van der Waals surface area (Å²) in [7, 11) is 0.386. The van der Waals surface area contributed by atoms with Gasteiger partial charge in [0.05, 0.1) is 18.4 Å². The summed E-state index contributed by atoms with van der Waals surface area (Å²) in [5.74, 6) is -0.910. The van der Waals surface area contributed by atoms with Crippen LogP contribution in [-0.2, 0) is 16.2 Å². The molecule has 0 aromatic heterocycles. The molecule has 2 aromatic rings. The normalized spacial score (nSPS) is 12.4. The fourth-order valence-electron chi connectivity index (χ4n) is 2.83. The van der Waals surface area contributed by atoms with Gasteiger partial charge in [-0.25, -0.2) is 13.1 Å². The number of anilines is 2. The largest absolute Gasteiger partial charge is 0.495 e. The molecule has 0 atom stereocenters. The highest BCUT2D eigenvalue weighted by molar-refractivity contribution is 7.89. The van der Waals surface area contributed by atoms with Gasteiger partial charge < -0.3 is 15.0 Å². The minimum atomic E-state index is -4.71. The lowest BCUT2D eigenvalue weighted by molar-refractivity contribution is -0.136. The molecule has 32 heavy (non-hydrogen) atoms. The fourth-order valence-corrected chi connectivity index (χ4v) is 4.45. The maximum absolute atomic E-state index is 13.5. The molecule has 0 unspecified atom stereocenters. The molecule has 0 heterocycles. The Morgan fingerprint density at radius 1 is 1.03 bits per heavy atom. The van der Waals surface area contributed by atoms with Crippen LogP contribution in [0.3, 0.4) is 0 Å². The average Bonchev–Trinajstić information content (AvgIpc) is 2.64. The maximum Gasteiger partial charge on any atom is 0.418 e. The van der Waals surface area contributed by atoms with E-state index in [0.29, 0.717) is 5.69 Å². The molecule has 0 aliphatic heterocycles. The molecule has 0 fully saturated rings. The number of carbonyl (C=O) groups excluding carboxylic acids is 1. The molecule has 176 valence electrons. The average molecular weight is 474 g/mol. The van der Waals surface area contributed by atoms with E-state index in [4.69, 9.17) is 4.74 Å². The highest BCUT2D eigenvalue weighted by Gasteiger charge is 2.35. The minimum absolute atomic E-state index is 0.00961. The van der Waals surface area contributed by atoms with Crippen molar-refractivity contribution in [3.05, 3.63) is 47.5 Å². The van der Waals surface area contributed by atoms with Crippen LogP contribution < -0.4 is 19.7 Å². The Balaban J connectivity index is 2.48. The SMILES string of the molecule is COc1ccc(C(=O)Nc2ccc(N(C)C)cc2C(F)(F)F)cc1S(=O)(=O)NC(C)(C)C. The van der Waals surface area contributed by atoms with E-state index in [1.807, 2.05) is 0 Å². The lowest BCUT2D eigenvalue weighted by Crippen LogP contribution is -2.40. The predicted molar refractivity (Wildman–Crippen MR) is 117 cm³/mol. The second-order valence-electron chi connectivity index (χ2n) is 8.30. The molecule has 7 nitrogen and oxygen atoms in total. The number of halogens is 3. The van der Waals surface area contributed by atoms with Crippen molar-refractivity contribution in [1.29, 1.82) is 0 Å². The Morgan fingerprint density at radius 3 is 2.16 bits per heavy atom. The summed E-state index contributed by atoms with van der Waals surface area (Å²) < 4.78 is 73.7. The number of nitrogens with one attached hydrogen (secondary N) is 2. The summed E-state index contributed by atoms with van der Waals surface area (Å²) in [6.45, 7) is 4.93. The van der Waals surface area contributed by atoms with Crippen LogP contribution in [0.2, 0.25) is 0 Å². The Hall–Kier alpha value is -2.79. The van der Waals surface area contributed by atoms with Gasteiger partial charge in [0.15, 0.2) is 0 Å². The van der Waals surface area contributed by atoms with Crippen LogP contribution in [0.1, 0.15) is 36.7 Å². The highest BCUT2D eigenvalue weighted by atomic mass is 32.2. The molecular weight excluding hydrogens is 447 g/mol. The topological polar surface area (TPSA) is 87.7 Å². The number of amides is 1. The van der Waals surface area contributed by atoms with Crippen molar-refractivity contribution in [2.45, 2.75) is 37.4 Å². The van der Waals surface area contributed by atoms with E-state index in [0.717, 1.165) is 18.2 Å². The number of hydrogen-bond acceptors (Lipinski definition) is 5. The smallest absolute Gasteiger partial charge is 0.418 e. The molecule has 2 N–H and O–H groups in total. The van der Waals surface area contributed by atoms with Crippen molar-refractivity contribution < 1.29 is 31.1 Å². The van der Waals surface area contributed by atoms with Crippen LogP contribution in [0.5, 0.6) is 5.75 Å². The summed E-state index contributed by atoms with van der Waals surface area (Å²) in [4.78, 5) is 13.9. The molecule has 0 aliphatic carbocycles. The predicted octanol–water partition coefficient (Wildman–Crippen LogP) is 4.11. The first-order valence-corrected chi connectivity index (χ1v) is 11.0. The van der Waals surface area contributed by atoms with E-state index in [1.165, 1.54) is 30.2 Å². The van der Waals surface area contributed by atoms with Gasteiger partial charge in [-0.05, 0) is 57.2 Å². The minimum Gasteiger partial charge on any atom is -0.495 e. The number of hydrogen-bond donors (Lipinski definition) is 2. The first-order chi connectivity index (χ1) is 14.5. The number of ether oxygens (including phenoxy) is 1. The standard InChI is InChI=1S/C21H26F3N3O4S/c1-20(2,3)26-32(29,30)18-11-13(7-10-17(18)31-6)19(28)25-16-9-8-14(27(4)5)12-15(16)21(22,23)24/h7-12,26H,1-6H3,(H,25,28). The fraction of sp³-hybridized carbons (Fsp3) is 0.381. The zero-order valence-corrected chi connectivity index (χ0v) is 19.4. The van der Waals surface area contributed by atoms with Gasteiger partial charge in [0.1, 0.15) is 10.6 Å². The third-order valence-corrected chi connectivity index (χ3v) is 6.01. The van der Waals surface area contributed by atoms with Gasteiger partial charge in [0.2, 0.25) is 10.0 Å². The quantitative estimate of drug-likeness (QED) is 0.659. The third-order valence-electron chi connectivity index (χ3n) is 4.23. The molecule has 0 saturated carbocycles. The first kappa shape index (κ1) is 25.5. The third kappa shape index (κ3) is 6.13. The van der Waals surface area contributed by atoms with Crippen molar-refractivity contribution in [3.8, 4) is 5.75 Å². The summed E-state index contributed by atoms with van der Waals surface area (Å²) >= 11 is 0. The second-order valence-corrected chi connectivity index (χ2v) is 9.95. The van der Waals surface area contributed by atoms with Gasteiger partial charge in [0.25, 0.3) is 5.91 Å². The summed E-state index contributed by atoms with van der Waals surface area (Å²) in [6.07, 6.45) is -4.71. The van der Waals surface area contributed by atoms with Gasteiger partial charge in [-0.1, -0.05) is 0 Å². The number of rotatable bonds is 6. The van der Waals surface area contributed by atoms with E-state index < -0.39 is 38.9 Å². The zero-order chi connectivity index (χ0) is 24.5. The van der Waals surface area contributed by atoms with E-state index in [-0.39, 0.29) is 16.2 Å². The van der Waals surface area contributed by atoms with Crippen molar-refractivity contribution in [1.82, 2.24) is 4.72 Å². The van der Waals surface area contributed by atoms with Crippen LogP contribution >= 0.6 is 0 Å². The van der Waals surface area contributed by atoms with Crippen LogP contribution in [-0.4, -0.2) is 41.1 Å². The van der Waals surface area contributed by atoms with Crippen LogP contribution in [0.15, 0.2) is 41.3 Å². The van der Waals surface area contributed by atoms with Gasteiger partial charge in [-0.2, -0.15) is 13.2 Å². The summed E-state index contributed by atoms with van der Waals surface area (Å²) in [6, 6.07) is 7.11. The van der Waals surface area contributed by atoms with Crippen molar-refractivity contribution >= 4 is 27.3 Å². The maximum atomic E-state index is 13.5. The van der Waals surface area contributed by atoms with E-state index in [9.17, 15) is 26.4 Å². The monoisotopic (exact) mass is 473 g/mol. The zero-order valence-electron chi connectivity index (χ0n) is 18.6.